The van der Waals surface area contributed by atoms with Gasteiger partial charge in [0.2, 0.25) is 10.0 Å². The summed E-state index contributed by atoms with van der Waals surface area (Å²) in [5.41, 5.74) is 6.84. The zero-order valence-electron chi connectivity index (χ0n) is 12.8. The molecule has 0 saturated carbocycles. The molecule has 0 radical (unpaired) electrons. The number of nitrogens with one attached hydrogen (secondary N) is 3. The van der Waals surface area contributed by atoms with Crippen molar-refractivity contribution in [3.8, 4) is 0 Å². The lowest BCUT2D eigenvalue weighted by Gasteiger charge is -2.09. The quantitative estimate of drug-likeness (QED) is 0.440. The van der Waals surface area contributed by atoms with E-state index in [0.717, 1.165) is 5.56 Å². The van der Waals surface area contributed by atoms with Crippen molar-refractivity contribution < 1.29 is 12.8 Å². The first-order valence-corrected chi connectivity index (χ1v) is 10.1. The molecule has 0 bridgehead atoms. The Hall–Kier alpha value is -1.46. The second kappa shape index (κ2) is 9.74. The number of aromatic nitrogens is 1. The third-order valence-corrected chi connectivity index (χ3v) is 5.65. The summed E-state index contributed by atoms with van der Waals surface area (Å²) in [6.45, 7) is 0.715. The molecule has 3 N–H and O–H groups in total. The monoisotopic (exact) mass is 386 g/mol. The molecule has 24 heavy (non-hydrogen) atoms. The lowest BCUT2D eigenvalue weighted by atomic mass is 10.3. The number of nitrogens with zero attached hydrogens (tertiary/aromatic N) is 1. The number of rotatable bonds is 9. The molecule has 0 fully saturated rings. The molecule has 2 aromatic rings. The fraction of sp³-hybridized carbons (Fsp3) is 0.286. The Morgan fingerprint density at radius 2 is 2.17 bits per heavy atom. The van der Waals surface area contributed by atoms with Crippen molar-refractivity contribution in [2.75, 3.05) is 11.5 Å². The van der Waals surface area contributed by atoms with Gasteiger partial charge in [-0.05, 0) is 23.8 Å². The van der Waals surface area contributed by atoms with E-state index in [0.29, 0.717) is 22.4 Å². The van der Waals surface area contributed by atoms with Crippen LogP contribution in [0.5, 0.6) is 0 Å². The van der Waals surface area contributed by atoms with Crippen molar-refractivity contribution in [3.63, 3.8) is 0 Å². The van der Waals surface area contributed by atoms with Gasteiger partial charge in [-0.25, -0.2) is 18.6 Å². The van der Waals surface area contributed by atoms with Crippen LogP contribution in [0.1, 0.15) is 11.3 Å². The fourth-order valence-electron chi connectivity index (χ4n) is 1.67. The summed E-state index contributed by atoms with van der Waals surface area (Å²) in [6.07, 6.45) is 4.96. The average molecular weight is 387 g/mol. The van der Waals surface area contributed by atoms with Crippen LogP contribution in [0.2, 0.25) is 0 Å². The van der Waals surface area contributed by atoms with Crippen LogP contribution in [0.4, 0.5) is 0 Å². The molecular weight excluding hydrogens is 368 g/mol. The molecule has 2 rings (SSSR count). The van der Waals surface area contributed by atoms with E-state index in [4.69, 9.17) is 16.6 Å². The molecule has 0 aromatic carbocycles. The molecule has 0 amide bonds. The minimum absolute atomic E-state index is 0.0250. The maximum atomic E-state index is 11.9. The third-order valence-electron chi connectivity index (χ3n) is 2.84. The van der Waals surface area contributed by atoms with E-state index in [1.807, 2.05) is 12.1 Å². The van der Waals surface area contributed by atoms with Crippen LogP contribution in [-0.4, -0.2) is 29.2 Å². The molecule has 0 spiro atoms. The van der Waals surface area contributed by atoms with Crippen molar-refractivity contribution in [3.05, 3.63) is 54.2 Å². The summed E-state index contributed by atoms with van der Waals surface area (Å²) in [7, 11) is -3.36. The number of hydrogen-bond donors (Lipinski definition) is 3. The third kappa shape index (κ3) is 7.41. The zero-order chi connectivity index (χ0) is 17.3. The smallest absolute Gasteiger partial charge is 0.212 e. The Morgan fingerprint density at radius 1 is 1.29 bits per heavy atom. The second-order valence-corrected chi connectivity index (χ2v) is 8.39. The highest BCUT2D eigenvalue weighted by Gasteiger charge is 2.11. The van der Waals surface area contributed by atoms with Gasteiger partial charge in [0.15, 0.2) is 0 Å². The van der Waals surface area contributed by atoms with Gasteiger partial charge in [-0.3, -0.25) is 4.98 Å². The fourth-order valence-corrected chi connectivity index (χ4v) is 4.04. The van der Waals surface area contributed by atoms with Crippen molar-refractivity contribution in [1.82, 2.24) is 20.6 Å². The van der Waals surface area contributed by atoms with Crippen LogP contribution in [0, 0.1) is 0 Å². The Bertz CT molecular complexity index is 721. The van der Waals surface area contributed by atoms with Crippen LogP contribution in [0.3, 0.4) is 0 Å². The summed E-state index contributed by atoms with van der Waals surface area (Å²) in [4.78, 5) is 4.01. The highest BCUT2D eigenvalue weighted by molar-refractivity contribution is 8.23. The molecular formula is C14H18N4O3S3. The average Bonchev–Trinajstić information content (AvgIpc) is 3.07. The van der Waals surface area contributed by atoms with Crippen LogP contribution in [0.15, 0.2) is 47.3 Å². The number of sulfonamides is 1. The molecule has 2 aromatic heterocycles. The van der Waals surface area contributed by atoms with E-state index in [1.54, 1.807) is 24.5 Å². The number of hydrazine groups is 1. The van der Waals surface area contributed by atoms with Gasteiger partial charge in [-0.15, -0.1) is 0 Å². The van der Waals surface area contributed by atoms with Gasteiger partial charge in [-0.2, -0.15) is 0 Å². The van der Waals surface area contributed by atoms with Gasteiger partial charge in [0.25, 0.3) is 0 Å². The van der Waals surface area contributed by atoms with Gasteiger partial charge < -0.3 is 9.84 Å². The standard InChI is InChI=1S/C14H18N4O3S3/c19-24(20,17-11-13-4-2-6-21-13)8-7-23-14(22)18-16-10-12-3-1-5-15-9-12/h1-6,9,16-17H,7-8,10-11H2,(H,18,22). The molecule has 0 saturated heterocycles. The molecule has 130 valence electrons. The van der Waals surface area contributed by atoms with Gasteiger partial charge in [0, 0.05) is 24.7 Å². The normalized spacial score (nSPS) is 11.3. The van der Waals surface area contributed by atoms with E-state index in [1.165, 1.54) is 18.0 Å². The highest BCUT2D eigenvalue weighted by atomic mass is 32.2. The number of thioether (sulfide) groups is 1. The molecule has 0 atom stereocenters. The molecule has 0 unspecified atom stereocenters. The minimum atomic E-state index is -3.36. The van der Waals surface area contributed by atoms with Crippen LogP contribution in [0.25, 0.3) is 0 Å². The first-order valence-electron chi connectivity index (χ1n) is 7.09. The van der Waals surface area contributed by atoms with Gasteiger partial charge in [-0.1, -0.05) is 30.0 Å². The summed E-state index contributed by atoms with van der Waals surface area (Å²) >= 11 is 6.39. The number of pyridine rings is 1. The maximum Gasteiger partial charge on any atom is 0.212 e. The van der Waals surface area contributed by atoms with E-state index >= 15 is 0 Å². The molecule has 0 aliphatic carbocycles. The Balaban J connectivity index is 1.59. The van der Waals surface area contributed by atoms with Crippen molar-refractivity contribution in [2.24, 2.45) is 0 Å². The second-order valence-electron chi connectivity index (χ2n) is 4.70. The summed E-state index contributed by atoms with van der Waals surface area (Å²) in [5.74, 6) is 0.902. The van der Waals surface area contributed by atoms with Crippen LogP contribution < -0.4 is 15.6 Å². The van der Waals surface area contributed by atoms with Crippen molar-refractivity contribution in [1.29, 1.82) is 0 Å². The van der Waals surface area contributed by atoms with E-state index < -0.39 is 10.0 Å². The number of thiocarbonyl (C=S) groups is 1. The molecule has 0 aliphatic heterocycles. The Labute approximate surface area is 150 Å². The Kier molecular flexibility index (Phi) is 7.66. The van der Waals surface area contributed by atoms with Crippen LogP contribution in [-0.2, 0) is 23.1 Å². The minimum Gasteiger partial charge on any atom is -0.468 e. The predicted octanol–water partition coefficient (Wildman–Crippen LogP) is 1.41. The highest BCUT2D eigenvalue weighted by Crippen LogP contribution is 2.04. The molecule has 2 heterocycles. The lowest BCUT2D eigenvalue weighted by Crippen LogP contribution is -2.34. The van der Waals surface area contributed by atoms with E-state index in [2.05, 4.69) is 20.6 Å². The molecule has 7 nitrogen and oxygen atoms in total. The van der Waals surface area contributed by atoms with E-state index in [-0.39, 0.29) is 12.3 Å². The zero-order valence-corrected chi connectivity index (χ0v) is 15.2. The molecule has 0 aliphatic rings. The summed E-state index contributed by atoms with van der Waals surface area (Å²) in [6, 6.07) is 7.21. The first-order chi connectivity index (χ1) is 11.6. The summed E-state index contributed by atoms with van der Waals surface area (Å²) < 4.78 is 31.7. The van der Waals surface area contributed by atoms with Crippen molar-refractivity contribution >= 4 is 38.3 Å². The summed E-state index contributed by atoms with van der Waals surface area (Å²) in [5, 5.41) is 0. The first kappa shape index (κ1) is 18.9. The van der Waals surface area contributed by atoms with Gasteiger partial charge in [0.1, 0.15) is 10.1 Å². The molecule has 10 heteroatoms. The maximum absolute atomic E-state index is 11.9. The SMILES string of the molecule is O=S(=O)(CCSC(=S)NNCc1cccnc1)NCc1ccco1. The predicted molar refractivity (Wildman–Crippen MR) is 98.6 cm³/mol. The lowest BCUT2D eigenvalue weighted by molar-refractivity contribution is 0.499. The largest absolute Gasteiger partial charge is 0.468 e. The van der Waals surface area contributed by atoms with Gasteiger partial charge in [0.05, 0.1) is 18.6 Å². The van der Waals surface area contributed by atoms with Crippen LogP contribution >= 0.6 is 24.0 Å². The van der Waals surface area contributed by atoms with Gasteiger partial charge >= 0.3 is 0 Å². The van der Waals surface area contributed by atoms with E-state index in [9.17, 15) is 8.42 Å². The number of hydrogen-bond acceptors (Lipinski definition) is 7. The Morgan fingerprint density at radius 3 is 2.88 bits per heavy atom. The number of furan rings is 1. The topological polar surface area (TPSA) is 96.3 Å². The van der Waals surface area contributed by atoms with Crippen molar-refractivity contribution in [2.45, 2.75) is 13.1 Å².